The Hall–Kier alpha value is -3.41. The molecule has 0 N–H and O–H groups in total. The first kappa shape index (κ1) is 22.8. The average Bonchev–Trinajstić information content (AvgIpc) is 3.10. The molecule has 0 radical (unpaired) electrons. The number of benzene rings is 3. The van der Waals surface area contributed by atoms with E-state index in [1.165, 1.54) is 24.5 Å². The SMILES string of the molecule is COc1ccccc1C(=O)/C=c1\s/c(=C/c2ccc(C)cc2)c(=O)n1Cc1ccc(Cl)cc1. The van der Waals surface area contributed by atoms with E-state index in [4.69, 9.17) is 16.3 Å². The largest absolute Gasteiger partial charge is 0.496 e. The Morgan fingerprint density at radius 1 is 1.03 bits per heavy atom. The third-order valence-corrected chi connectivity index (χ3v) is 6.50. The Balaban J connectivity index is 1.86. The first-order valence-electron chi connectivity index (χ1n) is 10.4. The molecule has 0 atom stereocenters. The van der Waals surface area contributed by atoms with Gasteiger partial charge in [0.2, 0.25) is 0 Å². The Labute approximate surface area is 200 Å². The summed E-state index contributed by atoms with van der Waals surface area (Å²) < 4.78 is 8.10. The third-order valence-electron chi connectivity index (χ3n) is 5.19. The number of ether oxygens (including phenoxy) is 1. The second kappa shape index (κ2) is 10.0. The first-order valence-corrected chi connectivity index (χ1v) is 11.6. The maximum absolute atomic E-state index is 13.3. The monoisotopic (exact) mass is 475 g/mol. The number of carbonyl (C=O) groups excluding carboxylic acids is 1. The van der Waals surface area contributed by atoms with Crippen LogP contribution in [0.5, 0.6) is 5.75 Å². The number of Topliss-reactive ketones (excluding diaryl/α,β-unsaturated/α-hetero) is 1. The van der Waals surface area contributed by atoms with Gasteiger partial charge in [0.25, 0.3) is 5.56 Å². The minimum atomic E-state index is -0.222. The summed E-state index contributed by atoms with van der Waals surface area (Å²) in [7, 11) is 1.53. The Kier molecular flexibility index (Phi) is 6.92. The van der Waals surface area contributed by atoms with Gasteiger partial charge in [0.15, 0.2) is 5.78 Å². The lowest BCUT2D eigenvalue weighted by molar-refractivity contribution is 0.105. The molecule has 4 nitrogen and oxygen atoms in total. The van der Waals surface area contributed by atoms with Gasteiger partial charge in [-0.25, -0.2) is 0 Å². The van der Waals surface area contributed by atoms with Crippen molar-refractivity contribution in [2.24, 2.45) is 0 Å². The summed E-state index contributed by atoms with van der Waals surface area (Å²) in [4.78, 5) is 26.4. The number of ketones is 1. The Bertz CT molecular complexity index is 1470. The lowest BCUT2D eigenvalue weighted by Crippen LogP contribution is -2.32. The van der Waals surface area contributed by atoms with E-state index in [1.807, 2.05) is 55.5 Å². The van der Waals surface area contributed by atoms with Gasteiger partial charge in [0, 0.05) is 11.1 Å². The molecule has 0 aliphatic heterocycles. The van der Waals surface area contributed by atoms with Crippen LogP contribution >= 0.6 is 22.9 Å². The molecular weight excluding hydrogens is 454 g/mol. The van der Waals surface area contributed by atoms with E-state index >= 15 is 0 Å². The number of para-hydroxylation sites is 1. The molecule has 1 aromatic heterocycles. The molecule has 0 fully saturated rings. The fraction of sp³-hybridized carbons (Fsp3) is 0.111. The fourth-order valence-electron chi connectivity index (χ4n) is 3.42. The quantitative estimate of drug-likeness (QED) is 0.388. The number of thiazole rings is 1. The summed E-state index contributed by atoms with van der Waals surface area (Å²) >= 11 is 7.31. The molecule has 4 rings (SSSR count). The maximum Gasteiger partial charge on any atom is 0.269 e. The molecule has 1 heterocycles. The fourth-order valence-corrected chi connectivity index (χ4v) is 4.58. The highest BCUT2D eigenvalue weighted by Gasteiger charge is 2.12. The predicted molar refractivity (Wildman–Crippen MR) is 135 cm³/mol. The van der Waals surface area contributed by atoms with E-state index in [-0.39, 0.29) is 11.3 Å². The molecule has 33 heavy (non-hydrogen) atoms. The molecular formula is C27H22ClNO3S. The topological polar surface area (TPSA) is 48.3 Å². The van der Waals surface area contributed by atoms with Crippen LogP contribution in [0.2, 0.25) is 5.02 Å². The van der Waals surface area contributed by atoms with Gasteiger partial charge in [-0.15, -0.1) is 11.3 Å². The summed E-state index contributed by atoms with van der Waals surface area (Å²) in [6, 6.07) is 22.3. The van der Waals surface area contributed by atoms with Crippen LogP contribution in [0.4, 0.5) is 0 Å². The van der Waals surface area contributed by atoms with Crippen molar-refractivity contribution < 1.29 is 9.53 Å². The number of aryl methyl sites for hydroxylation is 1. The number of methoxy groups -OCH3 is 1. The van der Waals surface area contributed by atoms with Crippen LogP contribution in [-0.2, 0) is 6.54 Å². The molecule has 0 saturated carbocycles. The highest BCUT2D eigenvalue weighted by Crippen LogP contribution is 2.18. The van der Waals surface area contributed by atoms with Crippen molar-refractivity contribution in [1.29, 1.82) is 0 Å². The van der Waals surface area contributed by atoms with Gasteiger partial charge in [0.1, 0.15) is 10.4 Å². The zero-order valence-electron chi connectivity index (χ0n) is 18.2. The first-order chi connectivity index (χ1) is 15.9. The number of hydrogen-bond donors (Lipinski definition) is 0. The summed E-state index contributed by atoms with van der Waals surface area (Å²) in [6.07, 6.45) is 3.36. The second-order valence-corrected chi connectivity index (χ2v) is 9.08. The van der Waals surface area contributed by atoms with Gasteiger partial charge in [-0.1, -0.05) is 65.7 Å². The number of halogens is 1. The molecule has 0 saturated heterocycles. The Morgan fingerprint density at radius 2 is 1.73 bits per heavy atom. The summed E-state index contributed by atoms with van der Waals surface area (Å²) in [5.74, 6) is 0.272. The summed E-state index contributed by atoms with van der Waals surface area (Å²) in [5, 5.41) is 0.628. The van der Waals surface area contributed by atoms with Gasteiger partial charge < -0.3 is 4.74 Å². The van der Waals surface area contributed by atoms with Crippen LogP contribution in [0.3, 0.4) is 0 Å². The molecule has 6 heteroatoms. The second-order valence-electron chi connectivity index (χ2n) is 7.59. The number of aromatic nitrogens is 1. The van der Waals surface area contributed by atoms with Crippen molar-refractivity contribution in [3.63, 3.8) is 0 Å². The maximum atomic E-state index is 13.3. The lowest BCUT2D eigenvalue weighted by atomic mass is 10.1. The molecule has 0 amide bonds. The molecule has 0 bridgehead atoms. The smallest absolute Gasteiger partial charge is 0.269 e. The molecule has 3 aromatic carbocycles. The Morgan fingerprint density at radius 3 is 2.42 bits per heavy atom. The van der Waals surface area contributed by atoms with Crippen molar-refractivity contribution in [2.45, 2.75) is 13.5 Å². The standard InChI is InChI=1S/C27H22ClNO3S/c1-18-7-9-19(10-8-18)15-25-27(31)29(17-20-11-13-21(28)14-12-20)26(33-25)16-23(30)22-5-3-4-6-24(22)32-2/h3-16H,17H2,1-2H3/b25-15+,26-16-. The van der Waals surface area contributed by atoms with Crippen molar-refractivity contribution >= 4 is 40.9 Å². The normalized spacial score (nSPS) is 12.2. The van der Waals surface area contributed by atoms with E-state index in [2.05, 4.69) is 0 Å². The predicted octanol–water partition coefficient (Wildman–Crippen LogP) is 4.42. The van der Waals surface area contributed by atoms with Crippen molar-refractivity contribution in [2.75, 3.05) is 7.11 Å². The van der Waals surface area contributed by atoms with Gasteiger partial charge in [-0.05, 0) is 48.4 Å². The van der Waals surface area contributed by atoms with E-state index in [0.717, 1.165) is 16.7 Å². The minimum Gasteiger partial charge on any atom is -0.496 e. The van der Waals surface area contributed by atoms with Gasteiger partial charge in [-0.3, -0.25) is 14.2 Å². The van der Waals surface area contributed by atoms with Crippen molar-refractivity contribution in [3.05, 3.63) is 120 Å². The van der Waals surface area contributed by atoms with Crippen LogP contribution in [0.1, 0.15) is 27.0 Å². The lowest BCUT2D eigenvalue weighted by Gasteiger charge is -2.05. The molecule has 4 aromatic rings. The summed E-state index contributed by atoms with van der Waals surface area (Å²) in [6.45, 7) is 2.35. The highest BCUT2D eigenvalue weighted by molar-refractivity contribution is 7.07. The number of hydrogen-bond acceptors (Lipinski definition) is 4. The van der Waals surface area contributed by atoms with Crippen molar-refractivity contribution in [3.8, 4) is 5.75 Å². The number of nitrogens with zero attached hydrogens (tertiary/aromatic N) is 1. The average molecular weight is 476 g/mol. The van der Waals surface area contributed by atoms with E-state index in [0.29, 0.717) is 32.1 Å². The van der Waals surface area contributed by atoms with E-state index < -0.39 is 0 Å². The highest BCUT2D eigenvalue weighted by atomic mass is 35.5. The number of rotatable bonds is 6. The molecule has 0 aliphatic rings. The molecule has 0 aliphatic carbocycles. The third kappa shape index (κ3) is 5.33. The van der Waals surface area contributed by atoms with Crippen molar-refractivity contribution in [1.82, 2.24) is 4.57 Å². The zero-order chi connectivity index (χ0) is 23.4. The van der Waals surface area contributed by atoms with E-state index in [1.54, 1.807) is 34.9 Å². The van der Waals surface area contributed by atoms with Gasteiger partial charge in [-0.2, -0.15) is 0 Å². The molecule has 0 unspecified atom stereocenters. The van der Waals surface area contributed by atoms with Crippen LogP contribution < -0.4 is 19.5 Å². The van der Waals surface area contributed by atoms with Crippen LogP contribution in [0.15, 0.2) is 77.6 Å². The summed E-state index contributed by atoms with van der Waals surface area (Å²) in [5.41, 5.74) is 3.30. The van der Waals surface area contributed by atoms with E-state index in [9.17, 15) is 9.59 Å². The van der Waals surface area contributed by atoms with Gasteiger partial charge >= 0.3 is 0 Å². The number of carbonyl (C=O) groups is 1. The van der Waals surface area contributed by atoms with Gasteiger partial charge in [0.05, 0.1) is 23.8 Å². The molecule has 166 valence electrons. The van der Waals surface area contributed by atoms with Crippen LogP contribution in [-0.4, -0.2) is 17.5 Å². The van der Waals surface area contributed by atoms with Crippen LogP contribution in [0, 0.1) is 6.92 Å². The minimum absolute atomic E-state index is 0.144. The molecule has 0 spiro atoms. The zero-order valence-corrected chi connectivity index (χ0v) is 19.8. The van der Waals surface area contributed by atoms with Crippen LogP contribution in [0.25, 0.3) is 12.2 Å².